The molecule has 3 aromatic rings. The molecular weight excluding hydrogens is 552 g/mol. The van der Waals surface area contributed by atoms with E-state index in [-0.39, 0.29) is 12.5 Å². The lowest BCUT2D eigenvalue weighted by molar-refractivity contribution is -0.120. The maximum Gasteiger partial charge on any atom is 0.264 e. The molecule has 5 rings (SSSR count). The van der Waals surface area contributed by atoms with Crippen molar-refractivity contribution in [3.8, 4) is 16.9 Å². The number of amides is 1. The van der Waals surface area contributed by atoms with E-state index >= 15 is 0 Å². The van der Waals surface area contributed by atoms with Crippen LogP contribution in [0.3, 0.4) is 0 Å². The fraction of sp³-hybridized carbons (Fsp3) is 0.321. The van der Waals surface area contributed by atoms with Crippen molar-refractivity contribution >= 4 is 58.0 Å². The van der Waals surface area contributed by atoms with Gasteiger partial charge in [0.1, 0.15) is 5.75 Å². The predicted octanol–water partition coefficient (Wildman–Crippen LogP) is 6.68. The molecule has 0 atom stereocenters. The molecule has 2 heterocycles. The van der Waals surface area contributed by atoms with Gasteiger partial charge in [0, 0.05) is 50.5 Å². The zero-order chi connectivity index (χ0) is 26.1. The first-order valence-corrected chi connectivity index (χ1v) is 13.7. The van der Waals surface area contributed by atoms with Crippen LogP contribution in [0.1, 0.15) is 11.1 Å². The van der Waals surface area contributed by atoms with Crippen molar-refractivity contribution in [2.45, 2.75) is 13.0 Å². The third-order valence-corrected chi connectivity index (χ3v) is 8.43. The van der Waals surface area contributed by atoms with Gasteiger partial charge in [-0.1, -0.05) is 58.5 Å². The average Bonchev–Trinajstić information content (AvgIpc) is 3.29. The quantitative estimate of drug-likeness (QED) is 0.327. The molecule has 1 amide bonds. The SMILES string of the molecule is CN1CCN(Cc2cc(-c3ccc(Cl)c(Cl)c3)ccc2OCC(=O)N2CCc3cc(Cl)c(Cl)cc32)CC1. The van der Waals surface area contributed by atoms with Crippen LogP contribution in [0, 0.1) is 0 Å². The fourth-order valence-electron chi connectivity index (χ4n) is 4.80. The van der Waals surface area contributed by atoms with Gasteiger partial charge in [0.2, 0.25) is 0 Å². The monoisotopic (exact) mass is 577 g/mol. The lowest BCUT2D eigenvalue weighted by atomic mass is 10.0. The number of hydrogen-bond acceptors (Lipinski definition) is 4. The van der Waals surface area contributed by atoms with Gasteiger partial charge in [-0.3, -0.25) is 9.69 Å². The Bertz CT molecular complexity index is 1330. The van der Waals surface area contributed by atoms with Gasteiger partial charge in [-0.2, -0.15) is 0 Å². The minimum atomic E-state index is -0.115. The van der Waals surface area contributed by atoms with Gasteiger partial charge in [0.15, 0.2) is 6.61 Å². The molecule has 2 aliphatic rings. The first-order chi connectivity index (χ1) is 17.8. The molecule has 0 unspecified atom stereocenters. The second-order valence-corrected chi connectivity index (χ2v) is 11.1. The largest absolute Gasteiger partial charge is 0.483 e. The number of fused-ring (bicyclic) bond motifs is 1. The van der Waals surface area contributed by atoms with Crippen molar-refractivity contribution in [2.75, 3.05) is 51.3 Å². The summed E-state index contributed by atoms with van der Waals surface area (Å²) < 4.78 is 6.14. The highest BCUT2D eigenvalue weighted by atomic mass is 35.5. The van der Waals surface area contributed by atoms with Gasteiger partial charge in [-0.05, 0) is 66.6 Å². The summed E-state index contributed by atoms with van der Waals surface area (Å²) in [6.45, 7) is 5.22. The molecule has 3 aromatic carbocycles. The third kappa shape index (κ3) is 6.03. The number of nitrogens with zero attached hydrogens (tertiary/aromatic N) is 3. The molecular formula is C28H27Cl4N3O2. The van der Waals surface area contributed by atoms with E-state index < -0.39 is 0 Å². The third-order valence-electron chi connectivity index (χ3n) is 6.97. The first-order valence-electron chi connectivity index (χ1n) is 12.2. The van der Waals surface area contributed by atoms with Crippen LogP contribution in [0.2, 0.25) is 20.1 Å². The second kappa shape index (κ2) is 11.4. The van der Waals surface area contributed by atoms with Crippen LogP contribution in [0.5, 0.6) is 5.75 Å². The number of carbonyl (C=O) groups is 1. The molecule has 1 fully saturated rings. The molecule has 194 valence electrons. The minimum absolute atomic E-state index is 0.0679. The number of likely N-dealkylation sites (N-methyl/N-ethyl adjacent to an activating group) is 1. The molecule has 2 aliphatic heterocycles. The summed E-state index contributed by atoms with van der Waals surface area (Å²) >= 11 is 24.8. The van der Waals surface area contributed by atoms with Crippen LogP contribution in [0.4, 0.5) is 5.69 Å². The summed E-state index contributed by atoms with van der Waals surface area (Å²) in [6, 6.07) is 15.3. The molecule has 1 saturated heterocycles. The maximum atomic E-state index is 13.2. The number of benzene rings is 3. The lowest BCUT2D eigenvalue weighted by Gasteiger charge is -2.32. The number of piperazine rings is 1. The number of hydrogen-bond donors (Lipinski definition) is 0. The summed E-state index contributed by atoms with van der Waals surface area (Å²) in [5.41, 5.74) is 4.83. The summed E-state index contributed by atoms with van der Waals surface area (Å²) in [5.74, 6) is 0.584. The number of halogens is 4. The van der Waals surface area contributed by atoms with E-state index in [0.717, 1.165) is 67.1 Å². The van der Waals surface area contributed by atoms with Crippen LogP contribution >= 0.6 is 46.4 Å². The Morgan fingerprint density at radius 3 is 2.24 bits per heavy atom. The Balaban J connectivity index is 1.36. The van der Waals surface area contributed by atoms with Crippen molar-refractivity contribution in [3.05, 3.63) is 79.7 Å². The smallest absolute Gasteiger partial charge is 0.264 e. The van der Waals surface area contributed by atoms with Crippen molar-refractivity contribution in [1.29, 1.82) is 0 Å². The van der Waals surface area contributed by atoms with E-state index in [0.29, 0.717) is 32.4 Å². The van der Waals surface area contributed by atoms with Gasteiger partial charge >= 0.3 is 0 Å². The summed E-state index contributed by atoms with van der Waals surface area (Å²) in [6.07, 6.45) is 0.741. The van der Waals surface area contributed by atoms with E-state index in [4.69, 9.17) is 51.1 Å². The highest BCUT2D eigenvalue weighted by Crippen LogP contribution is 2.36. The van der Waals surface area contributed by atoms with Crippen molar-refractivity contribution < 1.29 is 9.53 Å². The van der Waals surface area contributed by atoms with E-state index in [9.17, 15) is 4.79 Å². The zero-order valence-corrected chi connectivity index (χ0v) is 23.5. The standard InChI is InChI=1S/C28H27Cl4N3O2/c1-33-8-10-34(11-9-33)16-21-12-18(19-2-4-22(29)23(30)13-19)3-5-27(21)37-17-28(36)35-7-6-20-14-24(31)25(32)15-26(20)35/h2-5,12-15H,6-11,16-17H2,1H3. The summed E-state index contributed by atoms with van der Waals surface area (Å²) in [5, 5.41) is 1.97. The van der Waals surface area contributed by atoms with Gasteiger partial charge < -0.3 is 14.5 Å². The first kappa shape index (κ1) is 26.6. The van der Waals surface area contributed by atoms with Gasteiger partial charge in [0.25, 0.3) is 5.91 Å². The molecule has 37 heavy (non-hydrogen) atoms. The van der Waals surface area contributed by atoms with E-state index in [1.807, 2.05) is 30.3 Å². The summed E-state index contributed by atoms with van der Waals surface area (Å²) in [4.78, 5) is 19.6. The van der Waals surface area contributed by atoms with Crippen LogP contribution < -0.4 is 9.64 Å². The van der Waals surface area contributed by atoms with Crippen LogP contribution in [-0.4, -0.2) is 62.1 Å². The highest BCUT2D eigenvalue weighted by Gasteiger charge is 2.26. The molecule has 0 N–H and O–H groups in total. The Morgan fingerprint density at radius 2 is 1.49 bits per heavy atom. The number of ether oxygens (including phenoxy) is 1. The highest BCUT2D eigenvalue weighted by molar-refractivity contribution is 6.42. The number of carbonyl (C=O) groups excluding carboxylic acids is 1. The number of anilines is 1. The normalized spacial score (nSPS) is 16.2. The molecule has 9 heteroatoms. The van der Waals surface area contributed by atoms with Gasteiger partial charge in [-0.25, -0.2) is 0 Å². The molecule has 5 nitrogen and oxygen atoms in total. The minimum Gasteiger partial charge on any atom is -0.483 e. The average molecular weight is 579 g/mol. The zero-order valence-electron chi connectivity index (χ0n) is 20.4. The molecule has 0 spiro atoms. The number of rotatable bonds is 6. The Labute approximate surface area is 237 Å². The van der Waals surface area contributed by atoms with Crippen LogP contribution in [0.25, 0.3) is 11.1 Å². The van der Waals surface area contributed by atoms with Gasteiger partial charge in [-0.15, -0.1) is 0 Å². The molecule has 0 aliphatic carbocycles. The maximum absolute atomic E-state index is 13.2. The summed E-state index contributed by atoms with van der Waals surface area (Å²) in [7, 11) is 2.14. The molecule has 0 aromatic heterocycles. The molecule has 0 bridgehead atoms. The van der Waals surface area contributed by atoms with Crippen LogP contribution in [-0.2, 0) is 17.8 Å². The van der Waals surface area contributed by atoms with E-state index in [1.165, 1.54) is 0 Å². The lowest BCUT2D eigenvalue weighted by Crippen LogP contribution is -2.43. The van der Waals surface area contributed by atoms with Crippen LogP contribution in [0.15, 0.2) is 48.5 Å². The van der Waals surface area contributed by atoms with Crippen molar-refractivity contribution in [2.24, 2.45) is 0 Å². The predicted molar refractivity (Wildman–Crippen MR) is 153 cm³/mol. The molecule has 0 radical (unpaired) electrons. The topological polar surface area (TPSA) is 36.0 Å². The van der Waals surface area contributed by atoms with Crippen molar-refractivity contribution in [3.63, 3.8) is 0 Å². The second-order valence-electron chi connectivity index (χ2n) is 9.51. The fourth-order valence-corrected chi connectivity index (χ4v) is 5.45. The Kier molecular flexibility index (Phi) is 8.20. The van der Waals surface area contributed by atoms with Gasteiger partial charge in [0.05, 0.1) is 20.1 Å². The Hall–Kier alpha value is -1.99. The van der Waals surface area contributed by atoms with Crippen molar-refractivity contribution in [1.82, 2.24) is 9.80 Å². The van der Waals surface area contributed by atoms with E-state index in [2.05, 4.69) is 22.9 Å². The molecule has 0 saturated carbocycles. The Morgan fingerprint density at radius 1 is 0.811 bits per heavy atom. The van der Waals surface area contributed by atoms with E-state index in [1.54, 1.807) is 17.0 Å².